The van der Waals surface area contributed by atoms with Gasteiger partial charge in [0.1, 0.15) is 6.04 Å². The molecule has 2 N–H and O–H groups in total. The molecule has 0 saturated carbocycles. The number of likely N-dealkylation sites (tertiary alicyclic amines) is 1. The lowest BCUT2D eigenvalue weighted by atomic mass is 9.58. The van der Waals surface area contributed by atoms with Gasteiger partial charge in [0.05, 0.1) is 22.6 Å². The van der Waals surface area contributed by atoms with Crippen molar-refractivity contribution in [2.24, 2.45) is 17.9 Å². The van der Waals surface area contributed by atoms with Gasteiger partial charge in [0, 0.05) is 56.5 Å². The summed E-state index contributed by atoms with van der Waals surface area (Å²) in [6.07, 6.45) is 2.92. The molecule has 2 unspecified atom stereocenters. The zero-order valence-corrected chi connectivity index (χ0v) is 23.3. The maximum absolute atomic E-state index is 13.0. The quantitative estimate of drug-likeness (QED) is 0.358. The number of benzene rings is 1. The lowest BCUT2D eigenvalue weighted by Gasteiger charge is -2.67. The van der Waals surface area contributed by atoms with Gasteiger partial charge in [0.25, 0.3) is 0 Å². The molecule has 3 aliphatic rings. The molecule has 12 nitrogen and oxygen atoms in total. The van der Waals surface area contributed by atoms with E-state index < -0.39 is 18.0 Å². The number of amides is 3. The van der Waals surface area contributed by atoms with Gasteiger partial charge in [0.2, 0.25) is 17.8 Å². The van der Waals surface area contributed by atoms with E-state index in [4.69, 9.17) is 0 Å². The summed E-state index contributed by atoms with van der Waals surface area (Å²) in [6.45, 7) is 8.17. The predicted molar refractivity (Wildman–Crippen MR) is 149 cm³/mol. The highest BCUT2D eigenvalue weighted by atomic mass is 16.4. The average Bonchev–Trinajstić information content (AvgIpc) is 3.10. The van der Waals surface area contributed by atoms with Crippen LogP contribution in [0.25, 0.3) is 11.0 Å². The summed E-state index contributed by atoms with van der Waals surface area (Å²) in [5, 5.41) is 11.9. The van der Waals surface area contributed by atoms with Crippen LogP contribution in [0.15, 0.2) is 35.4 Å². The van der Waals surface area contributed by atoms with Crippen LogP contribution in [0.2, 0.25) is 0 Å². The standard InChI is InChI=1S/C29H31N7O5/c1-28(2,3)24-29(16-35(24)27(40)41)14-34(15-29)25-30-12-18(13-31-25)6-5-17-7-8-19-21(11-17)33(4)26(39)36(19)20-9-10-22(37)32-23(20)38/h7-8,11-13,20,24H,9-10,14-16H2,1-4H3,(H,40,41)(H,32,37,38). The number of carboxylic acid groups (broad SMARTS) is 1. The molecule has 12 heteroatoms. The number of aryl methyl sites for hydroxylation is 1. The average molecular weight is 558 g/mol. The Bertz CT molecular complexity index is 1710. The van der Waals surface area contributed by atoms with Crippen molar-refractivity contribution in [2.75, 3.05) is 24.5 Å². The van der Waals surface area contributed by atoms with Crippen LogP contribution in [0.1, 0.15) is 50.8 Å². The number of anilines is 1. The lowest BCUT2D eigenvalue weighted by Crippen LogP contribution is -2.81. The maximum atomic E-state index is 13.0. The smallest absolute Gasteiger partial charge is 0.407 e. The van der Waals surface area contributed by atoms with Crippen LogP contribution in [0.3, 0.4) is 0 Å². The number of carbonyl (C=O) groups is 3. The predicted octanol–water partition coefficient (Wildman–Crippen LogP) is 1.72. The Kier molecular flexibility index (Phi) is 5.95. The molecular formula is C29H31N7O5. The highest BCUT2D eigenvalue weighted by Crippen LogP contribution is 2.52. The minimum atomic E-state index is -0.874. The molecule has 3 amide bonds. The molecule has 6 rings (SSSR count). The summed E-state index contributed by atoms with van der Waals surface area (Å²) in [6, 6.07) is 4.56. The fourth-order valence-corrected chi connectivity index (χ4v) is 6.79. The second-order valence-corrected chi connectivity index (χ2v) is 12.3. The number of imidazole rings is 1. The van der Waals surface area contributed by atoms with Gasteiger partial charge in [0.15, 0.2) is 0 Å². The van der Waals surface area contributed by atoms with Gasteiger partial charge in [-0.1, -0.05) is 32.6 Å². The van der Waals surface area contributed by atoms with Crippen LogP contribution < -0.4 is 15.9 Å². The van der Waals surface area contributed by atoms with Crippen LogP contribution in [-0.2, 0) is 16.6 Å². The Morgan fingerprint density at radius 2 is 1.73 bits per heavy atom. The third kappa shape index (κ3) is 4.32. The molecule has 2 aromatic heterocycles. The molecule has 1 aromatic carbocycles. The van der Waals surface area contributed by atoms with Gasteiger partial charge in [-0.3, -0.25) is 24.0 Å². The fourth-order valence-electron chi connectivity index (χ4n) is 6.79. The van der Waals surface area contributed by atoms with Crippen molar-refractivity contribution in [3.05, 3.63) is 52.2 Å². The first-order valence-corrected chi connectivity index (χ1v) is 13.5. The van der Waals surface area contributed by atoms with Gasteiger partial charge in [-0.25, -0.2) is 19.6 Å². The van der Waals surface area contributed by atoms with E-state index >= 15 is 0 Å². The molecule has 5 heterocycles. The first-order chi connectivity index (χ1) is 19.4. The zero-order valence-electron chi connectivity index (χ0n) is 23.3. The van der Waals surface area contributed by atoms with E-state index in [1.165, 1.54) is 14.0 Å². The number of rotatable bonds is 2. The van der Waals surface area contributed by atoms with Crippen LogP contribution in [0.5, 0.6) is 0 Å². The van der Waals surface area contributed by atoms with Crippen molar-refractivity contribution in [2.45, 2.75) is 45.7 Å². The SMILES string of the molecule is Cn1c(=O)n(C2CCC(=O)NC2=O)c2ccc(C#Cc3cnc(N4CC5(C4)CN(C(=O)O)C5C(C)(C)C)nc3)cc21. The van der Waals surface area contributed by atoms with E-state index in [1.54, 1.807) is 37.6 Å². The molecule has 0 bridgehead atoms. The highest BCUT2D eigenvalue weighted by Gasteiger charge is 2.64. The number of nitrogens with one attached hydrogen (secondary N) is 1. The molecule has 3 aliphatic heterocycles. The number of hydrogen-bond acceptors (Lipinski definition) is 7. The molecule has 2 atom stereocenters. The molecule has 3 saturated heterocycles. The van der Waals surface area contributed by atoms with Crippen LogP contribution in [0, 0.1) is 22.7 Å². The number of nitrogens with zero attached hydrogens (tertiary/aromatic N) is 6. The number of aromatic nitrogens is 4. The van der Waals surface area contributed by atoms with Crippen molar-refractivity contribution in [3.63, 3.8) is 0 Å². The minimum Gasteiger partial charge on any atom is -0.465 e. The Balaban J connectivity index is 1.17. The minimum absolute atomic E-state index is 0.0494. The number of imide groups is 1. The molecule has 3 aromatic rings. The van der Waals surface area contributed by atoms with Crippen molar-refractivity contribution in [1.82, 2.24) is 29.3 Å². The summed E-state index contributed by atoms with van der Waals surface area (Å²) in [4.78, 5) is 61.2. The van der Waals surface area contributed by atoms with E-state index in [0.717, 1.165) is 0 Å². The van der Waals surface area contributed by atoms with E-state index in [9.17, 15) is 24.3 Å². The normalized spacial score (nSPS) is 21.7. The largest absolute Gasteiger partial charge is 0.465 e. The summed E-state index contributed by atoms with van der Waals surface area (Å²) in [5.74, 6) is 5.95. The Morgan fingerprint density at radius 1 is 1.05 bits per heavy atom. The molecular weight excluding hydrogens is 526 g/mol. The molecule has 1 spiro atoms. The molecule has 212 valence electrons. The number of hydrogen-bond donors (Lipinski definition) is 2. The van der Waals surface area contributed by atoms with Crippen LogP contribution in [0.4, 0.5) is 10.7 Å². The van der Waals surface area contributed by atoms with Crippen molar-refractivity contribution in [1.29, 1.82) is 0 Å². The fraction of sp³-hybridized carbons (Fsp3) is 0.448. The highest BCUT2D eigenvalue weighted by molar-refractivity contribution is 6.00. The monoisotopic (exact) mass is 557 g/mol. The van der Waals surface area contributed by atoms with Gasteiger partial charge in [-0.15, -0.1) is 0 Å². The first-order valence-electron chi connectivity index (χ1n) is 13.5. The van der Waals surface area contributed by atoms with E-state index in [2.05, 4.69) is 52.8 Å². The number of fused-ring (bicyclic) bond motifs is 1. The van der Waals surface area contributed by atoms with Crippen LogP contribution >= 0.6 is 0 Å². The number of piperidine rings is 1. The molecule has 0 aliphatic carbocycles. The Hall–Kier alpha value is -4.66. The topological polar surface area (TPSA) is 143 Å². The van der Waals surface area contributed by atoms with Crippen molar-refractivity contribution >= 4 is 34.9 Å². The third-order valence-corrected chi connectivity index (χ3v) is 8.34. The zero-order chi connectivity index (χ0) is 29.3. The first kappa shape index (κ1) is 26.6. The summed E-state index contributed by atoms with van der Waals surface area (Å²) < 4.78 is 2.91. The molecule has 0 radical (unpaired) electrons. The summed E-state index contributed by atoms with van der Waals surface area (Å²) in [5.41, 5.74) is 1.99. The summed E-state index contributed by atoms with van der Waals surface area (Å²) >= 11 is 0. The maximum Gasteiger partial charge on any atom is 0.407 e. The van der Waals surface area contributed by atoms with E-state index in [1.807, 2.05) is 0 Å². The van der Waals surface area contributed by atoms with Gasteiger partial charge in [-0.2, -0.15) is 0 Å². The van der Waals surface area contributed by atoms with Crippen molar-refractivity contribution in [3.8, 4) is 11.8 Å². The van der Waals surface area contributed by atoms with Crippen molar-refractivity contribution < 1.29 is 19.5 Å². The van der Waals surface area contributed by atoms with E-state index in [0.29, 0.717) is 47.7 Å². The van der Waals surface area contributed by atoms with Crippen LogP contribution in [-0.4, -0.2) is 72.7 Å². The second-order valence-electron chi connectivity index (χ2n) is 12.3. The second kappa shape index (κ2) is 9.19. The molecule has 41 heavy (non-hydrogen) atoms. The van der Waals surface area contributed by atoms with Gasteiger partial charge in [-0.05, 0) is 30.0 Å². The molecule has 3 fully saturated rings. The van der Waals surface area contributed by atoms with E-state index in [-0.39, 0.29) is 41.3 Å². The summed E-state index contributed by atoms with van der Waals surface area (Å²) in [7, 11) is 1.64. The number of carbonyl (C=O) groups excluding carboxylic acids is 2. The Labute approximate surface area is 236 Å². The Morgan fingerprint density at radius 3 is 2.37 bits per heavy atom. The third-order valence-electron chi connectivity index (χ3n) is 8.34. The van der Waals surface area contributed by atoms with Gasteiger partial charge >= 0.3 is 11.8 Å². The lowest BCUT2D eigenvalue weighted by molar-refractivity contribution is -0.135. The van der Waals surface area contributed by atoms with Gasteiger partial charge < -0.3 is 14.9 Å².